The zero-order valence-electron chi connectivity index (χ0n) is 22.3. The van der Waals surface area contributed by atoms with E-state index in [1.807, 2.05) is 0 Å². The summed E-state index contributed by atoms with van der Waals surface area (Å²) in [6.07, 6.45) is 0. The largest absolute Gasteiger partial charge is 0.272 e. The molecule has 43 heavy (non-hydrogen) atoms. The minimum Gasteiger partial charge on any atom is -0.268 e. The van der Waals surface area contributed by atoms with Gasteiger partial charge >= 0.3 is 0 Å². The van der Waals surface area contributed by atoms with Gasteiger partial charge in [0.2, 0.25) is 0 Å². The first kappa shape index (κ1) is 29.7. The number of carbonyl (C=O) groups is 2. The van der Waals surface area contributed by atoms with Crippen molar-refractivity contribution in [3.05, 3.63) is 156 Å². The molecular weight excluding hydrogens is 608 g/mol. The first-order chi connectivity index (χ1) is 20.6. The highest BCUT2D eigenvalue weighted by Crippen LogP contribution is 2.37. The number of hydrogen-bond donors (Lipinski definition) is 0. The van der Waals surface area contributed by atoms with Crippen LogP contribution in [0.4, 0.5) is 11.4 Å². The van der Waals surface area contributed by atoms with Crippen LogP contribution in [0.1, 0.15) is 20.7 Å². The SMILES string of the molecule is O=C(c1ccccc1)N(c1ccc(N(C(=O)c2ccccc2)S(=O)(=O)c2ccccc2)c(Cl)c1)S(=O)(=O)c1ccccc1. The Morgan fingerprint density at radius 2 is 0.860 bits per heavy atom. The molecule has 2 amide bonds. The number of carbonyl (C=O) groups excluding carboxylic acids is 2. The first-order valence-electron chi connectivity index (χ1n) is 12.8. The molecule has 0 unspecified atom stereocenters. The highest BCUT2D eigenvalue weighted by atomic mass is 35.5. The minimum absolute atomic E-state index is 0.0784. The van der Waals surface area contributed by atoms with E-state index in [0.29, 0.717) is 8.61 Å². The Kier molecular flexibility index (Phi) is 8.45. The third-order valence-electron chi connectivity index (χ3n) is 6.36. The van der Waals surface area contributed by atoms with Crippen LogP contribution in [-0.2, 0) is 20.0 Å². The molecule has 0 aromatic heterocycles. The second kappa shape index (κ2) is 12.2. The van der Waals surface area contributed by atoms with Gasteiger partial charge in [-0.05, 0) is 66.7 Å². The summed E-state index contributed by atoms with van der Waals surface area (Å²) >= 11 is 6.65. The average molecular weight is 631 g/mol. The summed E-state index contributed by atoms with van der Waals surface area (Å²) in [6.45, 7) is 0. The first-order valence-corrected chi connectivity index (χ1v) is 16.1. The smallest absolute Gasteiger partial charge is 0.268 e. The van der Waals surface area contributed by atoms with Crippen molar-refractivity contribution in [1.29, 1.82) is 0 Å². The maximum Gasteiger partial charge on any atom is 0.272 e. The molecule has 0 radical (unpaired) electrons. The van der Waals surface area contributed by atoms with Crippen LogP contribution in [0.15, 0.2) is 149 Å². The molecule has 0 saturated carbocycles. The van der Waals surface area contributed by atoms with E-state index in [0.717, 1.165) is 6.07 Å². The van der Waals surface area contributed by atoms with Gasteiger partial charge in [0.1, 0.15) is 0 Å². The van der Waals surface area contributed by atoms with Crippen LogP contribution >= 0.6 is 11.6 Å². The van der Waals surface area contributed by atoms with Gasteiger partial charge in [0.15, 0.2) is 0 Å². The van der Waals surface area contributed by atoms with Gasteiger partial charge in [0, 0.05) is 11.1 Å². The quantitative estimate of drug-likeness (QED) is 0.196. The second-order valence-electron chi connectivity index (χ2n) is 9.14. The molecule has 0 atom stereocenters. The molecule has 0 N–H and O–H groups in total. The molecule has 0 fully saturated rings. The molecule has 0 saturated heterocycles. The summed E-state index contributed by atoms with van der Waals surface area (Å²) in [4.78, 5) is 27.1. The van der Waals surface area contributed by atoms with Gasteiger partial charge in [-0.15, -0.1) is 0 Å². The maximum atomic E-state index is 13.8. The molecule has 0 heterocycles. The number of amides is 2. The van der Waals surface area contributed by atoms with E-state index < -0.39 is 31.9 Å². The van der Waals surface area contributed by atoms with Crippen molar-refractivity contribution in [2.75, 3.05) is 8.61 Å². The number of hydrogen-bond acceptors (Lipinski definition) is 6. The molecule has 216 valence electrons. The topological polar surface area (TPSA) is 109 Å². The van der Waals surface area contributed by atoms with Gasteiger partial charge in [-0.1, -0.05) is 84.4 Å². The Bertz CT molecular complexity index is 1990. The summed E-state index contributed by atoms with van der Waals surface area (Å²) in [7, 11) is -8.94. The summed E-state index contributed by atoms with van der Waals surface area (Å²) in [5, 5.41) is -0.282. The molecular formula is C32H23ClN2O6S2. The summed E-state index contributed by atoms with van der Waals surface area (Å²) < 4.78 is 56.5. The zero-order chi connectivity index (χ0) is 30.6. The Hall–Kier alpha value is -4.77. The van der Waals surface area contributed by atoms with E-state index in [1.165, 1.54) is 84.9 Å². The Morgan fingerprint density at radius 3 is 1.28 bits per heavy atom. The fourth-order valence-corrected chi connectivity index (χ4v) is 7.48. The van der Waals surface area contributed by atoms with Gasteiger partial charge < -0.3 is 0 Å². The fraction of sp³-hybridized carbons (Fsp3) is 0. The third kappa shape index (κ3) is 5.94. The third-order valence-corrected chi connectivity index (χ3v) is 10.1. The number of benzene rings is 5. The lowest BCUT2D eigenvalue weighted by Gasteiger charge is -2.26. The summed E-state index contributed by atoms with van der Waals surface area (Å²) in [5.41, 5.74) is -0.215. The maximum absolute atomic E-state index is 13.8. The van der Waals surface area contributed by atoms with Crippen LogP contribution in [-0.4, -0.2) is 28.6 Å². The fourth-order valence-electron chi connectivity index (χ4n) is 4.29. The van der Waals surface area contributed by atoms with Crippen molar-refractivity contribution in [3.63, 3.8) is 0 Å². The van der Waals surface area contributed by atoms with Gasteiger partial charge in [0.25, 0.3) is 31.9 Å². The Labute approximate surface area is 254 Å². The standard InChI is InChI=1S/C32H23ClN2O6S2/c33-29-23-26(34(31(36)24-13-5-1-6-14-24)42(38,39)27-17-9-3-10-18-27)21-22-30(29)35(32(37)25-15-7-2-8-16-25)43(40,41)28-19-11-4-12-20-28/h1-23H. The molecule has 8 nitrogen and oxygen atoms in total. The van der Waals surface area contributed by atoms with E-state index in [9.17, 15) is 26.4 Å². The summed E-state index contributed by atoms with van der Waals surface area (Å²) in [5.74, 6) is -1.74. The van der Waals surface area contributed by atoms with E-state index in [2.05, 4.69) is 0 Å². The van der Waals surface area contributed by atoms with Crippen LogP contribution in [0.3, 0.4) is 0 Å². The second-order valence-corrected chi connectivity index (χ2v) is 13.1. The highest BCUT2D eigenvalue weighted by molar-refractivity contribution is 7.94. The van der Waals surface area contributed by atoms with Crippen molar-refractivity contribution in [2.45, 2.75) is 9.79 Å². The van der Waals surface area contributed by atoms with Crippen LogP contribution < -0.4 is 8.61 Å². The van der Waals surface area contributed by atoms with E-state index in [1.54, 1.807) is 48.5 Å². The molecule has 5 aromatic rings. The van der Waals surface area contributed by atoms with Crippen molar-refractivity contribution < 1.29 is 26.4 Å². The van der Waals surface area contributed by atoms with Crippen LogP contribution in [0.25, 0.3) is 0 Å². The molecule has 0 aliphatic heterocycles. The minimum atomic E-state index is -4.49. The molecule has 0 aliphatic rings. The van der Waals surface area contributed by atoms with Crippen LogP contribution in [0, 0.1) is 0 Å². The zero-order valence-corrected chi connectivity index (χ0v) is 24.7. The Balaban J connectivity index is 1.68. The van der Waals surface area contributed by atoms with E-state index in [-0.39, 0.29) is 37.3 Å². The van der Waals surface area contributed by atoms with Gasteiger partial charge in [-0.2, -0.15) is 8.61 Å². The number of nitrogens with zero attached hydrogens (tertiary/aromatic N) is 2. The number of rotatable bonds is 8. The molecule has 0 aliphatic carbocycles. The molecule has 0 bridgehead atoms. The van der Waals surface area contributed by atoms with Crippen molar-refractivity contribution in [1.82, 2.24) is 0 Å². The van der Waals surface area contributed by atoms with Crippen molar-refractivity contribution in [2.24, 2.45) is 0 Å². The van der Waals surface area contributed by atoms with Crippen molar-refractivity contribution >= 4 is 54.8 Å². The molecule has 5 aromatic carbocycles. The predicted octanol–water partition coefficient (Wildman–Crippen LogP) is 6.41. The lowest BCUT2D eigenvalue weighted by molar-refractivity contribution is 0.0996. The number of anilines is 2. The van der Waals surface area contributed by atoms with Crippen LogP contribution in [0.5, 0.6) is 0 Å². The monoisotopic (exact) mass is 630 g/mol. The predicted molar refractivity (Wildman–Crippen MR) is 165 cm³/mol. The van der Waals surface area contributed by atoms with E-state index in [4.69, 9.17) is 11.6 Å². The average Bonchev–Trinajstić information content (AvgIpc) is 3.03. The number of halogens is 1. The van der Waals surface area contributed by atoms with Gasteiger partial charge in [-0.25, -0.2) is 16.8 Å². The summed E-state index contributed by atoms with van der Waals surface area (Å²) in [6, 6.07) is 33.9. The van der Waals surface area contributed by atoms with Gasteiger partial charge in [0.05, 0.1) is 26.2 Å². The highest BCUT2D eigenvalue weighted by Gasteiger charge is 2.36. The number of sulfonamides is 2. The normalized spacial score (nSPS) is 11.5. The van der Waals surface area contributed by atoms with E-state index >= 15 is 0 Å². The molecule has 5 rings (SSSR count). The lowest BCUT2D eigenvalue weighted by Crippen LogP contribution is -2.38. The molecule has 0 spiro atoms. The lowest BCUT2D eigenvalue weighted by atomic mass is 10.2. The molecule has 11 heteroatoms. The van der Waals surface area contributed by atoms with Gasteiger partial charge in [-0.3, -0.25) is 9.59 Å². The van der Waals surface area contributed by atoms with Crippen LogP contribution in [0.2, 0.25) is 5.02 Å². The Morgan fingerprint density at radius 1 is 0.488 bits per heavy atom. The van der Waals surface area contributed by atoms with Crippen molar-refractivity contribution in [3.8, 4) is 0 Å².